The molecule has 0 aliphatic heterocycles. The first-order chi connectivity index (χ1) is 10.6. The number of benzene rings is 2. The van der Waals surface area contributed by atoms with Crippen molar-refractivity contribution in [1.82, 2.24) is 0 Å². The number of hydrogen-bond donors (Lipinski definition) is 0. The Balaban J connectivity index is 2.13. The van der Waals surface area contributed by atoms with Crippen molar-refractivity contribution in [2.75, 3.05) is 0 Å². The third kappa shape index (κ3) is 3.06. The highest BCUT2D eigenvalue weighted by molar-refractivity contribution is 5.70. The molecule has 1 aliphatic rings. The van der Waals surface area contributed by atoms with Gasteiger partial charge in [-0.1, -0.05) is 93.6 Å². The summed E-state index contributed by atoms with van der Waals surface area (Å²) in [5.74, 6) is 0.481. The fourth-order valence-corrected chi connectivity index (χ4v) is 3.03. The summed E-state index contributed by atoms with van der Waals surface area (Å²) in [7, 11) is 0. The number of rotatable bonds is 2. The molecular weight excluding hydrogens is 264 g/mol. The molecule has 0 spiro atoms. The molecule has 1 atom stereocenters. The second-order valence-electron chi connectivity index (χ2n) is 7.07. The fourth-order valence-electron chi connectivity index (χ4n) is 3.03. The zero-order valence-corrected chi connectivity index (χ0v) is 13.7. The van der Waals surface area contributed by atoms with E-state index < -0.39 is 0 Å². The first kappa shape index (κ1) is 14.8. The van der Waals surface area contributed by atoms with Gasteiger partial charge in [0.25, 0.3) is 0 Å². The van der Waals surface area contributed by atoms with E-state index in [0.29, 0.717) is 5.92 Å². The minimum Gasteiger partial charge on any atom is -0.0836 e. The standard InChI is InChI=1S/C22H24/c1-22(2,3)19-14-15-20(17-10-6-4-7-11-17)21(16-19)18-12-8-5-9-13-18/h4-10,12-17H,11H2,1-3H3. The summed E-state index contributed by atoms with van der Waals surface area (Å²) in [6, 6.07) is 17.8. The van der Waals surface area contributed by atoms with Gasteiger partial charge in [-0.3, -0.25) is 0 Å². The van der Waals surface area contributed by atoms with E-state index in [-0.39, 0.29) is 5.41 Å². The van der Waals surface area contributed by atoms with Gasteiger partial charge in [-0.05, 0) is 34.1 Å². The molecule has 0 saturated carbocycles. The third-order valence-corrected chi connectivity index (χ3v) is 4.38. The lowest BCUT2D eigenvalue weighted by Gasteiger charge is -2.24. The summed E-state index contributed by atoms with van der Waals surface area (Å²) in [5, 5.41) is 0. The van der Waals surface area contributed by atoms with Crippen LogP contribution >= 0.6 is 0 Å². The molecular formula is C22H24. The summed E-state index contributed by atoms with van der Waals surface area (Å²) in [6.45, 7) is 6.83. The lowest BCUT2D eigenvalue weighted by Crippen LogP contribution is -2.12. The van der Waals surface area contributed by atoms with Crippen LogP contribution in [0.15, 0.2) is 72.8 Å². The van der Waals surface area contributed by atoms with Gasteiger partial charge in [0.15, 0.2) is 0 Å². The molecule has 22 heavy (non-hydrogen) atoms. The largest absolute Gasteiger partial charge is 0.0836 e. The molecule has 112 valence electrons. The van der Waals surface area contributed by atoms with E-state index in [1.165, 1.54) is 22.3 Å². The molecule has 0 N–H and O–H groups in total. The van der Waals surface area contributed by atoms with Gasteiger partial charge in [-0.25, -0.2) is 0 Å². The van der Waals surface area contributed by atoms with E-state index >= 15 is 0 Å². The minimum absolute atomic E-state index is 0.171. The van der Waals surface area contributed by atoms with Crippen molar-refractivity contribution in [2.45, 2.75) is 38.5 Å². The Bertz CT molecular complexity index is 697. The molecule has 0 heteroatoms. The van der Waals surface area contributed by atoms with Gasteiger partial charge < -0.3 is 0 Å². The van der Waals surface area contributed by atoms with Crippen LogP contribution in [0.2, 0.25) is 0 Å². The number of hydrogen-bond acceptors (Lipinski definition) is 0. The van der Waals surface area contributed by atoms with E-state index in [4.69, 9.17) is 0 Å². The van der Waals surface area contributed by atoms with E-state index in [9.17, 15) is 0 Å². The number of allylic oxidation sites excluding steroid dienone is 4. The van der Waals surface area contributed by atoms with Gasteiger partial charge in [0.05, 0.1) is 0 Å². The Morgan fingerprint density at radius 2 is 1.68 bits per heavy atom. The van der Waals surface area contributed by atoms with Crippen LogP contribution in [0.5, 0.6) is 0 Å². The molecule has 2 aromatic carbocycles. The summed E-state index contributed by atoms with van der Waals surface area (Å²) in [4.78, 5) is 0. The van der Waals surface area contributed by atoms with Gasteiger partial charge in [0.2, 0.25) is 0 Å². The normalized spacial score (nSPS) is 17.7. The fraction of sp³-hybridized carbons (Fsp3) is 0.273. The maximum absolute atomic E-state index is 2.39. The second kappa shape index (κ2) is 5.96. The van der Waals surface area contributed by atoms with E-state index in [2.05, 4.69) is 93.6 Å². The molecule has 2 aromatic rings. The first-order valence-corrected chi connectivity index (χ1v) is 8.09. The summed E-state index contributed by atoms with van der Waals surface area (Å²) in [6.07, 6.45) is 9.98. The maximum Gasteiger partial charge on any atom is 0.00618 e. The smallest absolute Gasteiger partial charge is 0.00618 e. The van der Waals surface area contributed by atoms with Crippen LogP contribution in [0, 0.1) is 0 Å². The van der Waals surface area contributed by atoms with Gasteiger partial charge in [0, 0.05) is 5.92 Å². The van der Waals surface area contributed by atoms with Crippen molar-refractivity contribution in [2.24, 2.45) is 0 Å². The SMILES string of the molecule is CC(C)(C)c1ccc(C2C=CC=CC2)c(-c2ccccc2)c1. The van der Waals surface area contributed by atoms with Crippen molar-refractivity contribution in [1.29, 1.82) is 0 Å². The molecule has 3 rings (SSSR count). The Morgan fingerprint density at radius 3 is 2.32 bits per heavy atom. The van der Waals surface area contributed by atoms with Gasteiger partial charge in [-0.2, -0.15) is 0 Å². The highest BCUT2D eigenvalue weighted by Crippen LogP contribution is 2.36. The van der Waals surface area contributed by atoms with Crippen molar-refractivity contribution < 1.29 is 0 Å². The predicted molar refractivity (Wildman–Crippen MR) is 96.2 cm³/mol. The molecule has 1 aliphatic carbocycles. The zero-order valence-electron chi connectivity index (χ0n) is 13.7. The lowest BCUT2D eigenvalue weighted by molar-refractivity contribution is 0.590. The Hall–Kier alpha value is -2.08. The van der Waals surface area contributed by atoms with Crippen molar-refractivity contribution in [3.05, 3.63) is 84.0 Å². The van der Waals surface area contributed by atoms with E-state index in [1.54, 1.807) is 0 Å². The topological polar surface area (TPSA) is 0 Å². The van der Waals surface area contributed by atoms with Crippen LogP contribution in [0.1, 0.15) is 44.2 Å². The summed E-state index contributed by atoms with van der Waals surface area (Å²) >= 11 is 0. The minimum atomic E-state index is 0.171. The van der Waals surface area contributed by atoms with Crippen LogP contribution in [0.3, 0.4) is 0 Å². The van der Waals surface area contributed by atoms with Gasteiger partial charge in [-0.15, -0.1) is 0 Å². The summed E-state index contributed by atoms with van der Waals surface area (Å²) in [5.41, 5.74) is 5.68. The van der Waals surface area contributed by atoms with Gasteiger partial charge >= 0.3 is 0 Å². The van der Waals surface area contributed by atoms with Crippen molar-refractivity contribution in [3.63, 3.8) is 0 Å². The molecule has 0 bridgehead atoms. The highest BCUT2D eigenvalue weighted by atomic mass is 14.2. The third-order valence-electron chi connectivity index (χ3n) is 4.38. The van der Waals surface area contributed by atoms with Crippen LogP contribution in [0.4, 0.5) is 0 Å². The van der Waals surface area contributed by atoms with Crippen LogP contribution < -0.4 is 0 Å². The highest BCUT2D eigenvalue weighted by Gasteiger charge is 2.19. The monoisotopic (exact) mass is 288 g/mol. The molecule has 0 aromatic heterocycles. The summed E-state index contributed by atoms with van der Waals surface area (Å²) < 4.78 is 0. The molecule has 0 amide bonds. The second-order valence-corrected chi connectivity index (χ2v) is 7.07. The maximum atomic E-state index is 2.39. The molecule has 1 unspecified atom stereocenters. The first-order valence-electron chi connectivity index (χ1n) is 8.09. The average molecular weight is 288 g/mol. The van der Waals surface area contributed by atoms with Crippen LogP contribution in [0.25, 0.3) is 11.1 Å². The average Bonchev–Trinajstić information content (AvgIpc) is 2.55. The Morgan fingerprint density at radius 1 is 0.909 bits per heavy atom. The zero-order chi connectivity index (χ0) is 15.6. The van der Waals surface area contributed by atoms with Crippen molar-refractivity contribution >= 4 is 0 Å². The predicted octanol–water partition coefficient (Wildman–Crippen LogP) is 6.25. The lowest BCUT2D eigenvalue weighted by atomic mass is 9.80. The molecule has 0 radical (unpaired) electrons. The van der Waals surface area contributed by atoms with Crippen LogP contribution in [-0.4, -0.2) is 0 Å². The Kier molecular flexibility index (Phi) is 4.02. The molecule has 0 nitrogen and oxygen atoms in total. The van der Waals surface area contributed by atoms with E-state index in [0.717, 1.165) is 6.42 Å². The van der Waals surface area contributed by atoms with E-state index in [1.807, 2.05) is 0 Å². The molecule has 0 saturated heterocycles. The quantitative estimate of drug-likeness (QED) is 0.612. The van der Waals surface area contributed by atoms with Crippen molar-refractivity contribution in [3.8, 4) is 11.1 Å². The van der Waals surface area contributed by atoms with Crippen LogP contribution in [-0.2, 0) is 5.41 Å². The van der Waals surface area contributed by atoms with Gasteiger partial charge in [0.1, 0.15) is 0 Å². The molecule has 0 fully saturated rings. The Labute approximate surface area is 134 Å². The molecule has 0 heterocycles.